The van der Waals surface area contributed by atoms with Crippen LogP contribution in [0, 0.1) is 5.92 Å². The van der Waals surface area contributed by atoms with Gasteiger partial charge in [-0.05, 0) is 36.5 Å². The lowest BCUT2D eigenvalue weighted by Gasteiger charge is -2.31. The zero-order valence-corrected chi connectivity index (χ0v) is 17.1. The molecule has 1 aliphatic rings. The van der Waals surface area contributed by atoms with E-state index in [0.717, 1.165) is 12.1 Å². The minimum Gasteiger partial charge on any atom is -0.420 e. The highest BCUT2D eigenvalue weighted by Gasteiger charge is 2.51. The highest BCUT2D eigenvalue weighted by Crippen LogP contribution is 2.41. The minimum atomic E-state index is -5.16. The first kappa shape index (κ1) is 24.2. The van der Waals surface area contributed by atoms with Crippen LogP contribution >= 0.6 is 0 Å². The number of nitrogens with zero attached hydrogens (tertiary/aromatic N) is 1. The van der Waals surface area contributed by atoms with E-state index in [0.29, 0.717) is 12.0 Å². The van der Waals surface area contributed by atoms with Gasteiger partial charge in [0.25, 0.3) is 0 Å². The Hall–Kier alpha value is -3.11. The molecule has 2 atom stereocenters. The van der Waals surface area contributed by atoms with Crippen LogP contribution in [0.15, 0.2) is 24.3 Å². The van der Waals surface area contributed by atoms with E-state index in [1.165, 1.54) is 17.0 Å². The zero-order valence-electron chi connectivity index (χ0n) is 17.1. The molecule has 1 heterocycles. The van der Waals surface area contributed by atoms with E-state index in [9.17, 15) is 32.3 Å². The van der Waals surface area contributed by atoms with E-state index < -0.39 is 41.3 Å². The summed E-state index contributed by atoms with van der Waals surface area (Å²) in [6, 6.07) is 3.92. The van der Waals surface area contributed by atoms with Gasteiger partial charge in [-0.2, -0.15) is 13.2 Å². The smallest absolute Gasteiger partial charge is 0.420 e. The first-order valence-corrected chi connectivity index (χ1v) is 9.56. The normalized spacial score (nSPS) is 20.1. The van der Waals surface area contributed by atoms with Crippen LogP contribution in [0.25, 0.3) is 0 Å². The van der Waals surface area contributed by atoms with Gasteiger partial charge in [0, 0.05) is 13.0 Å². The summed E-state index contributed by atoms with van der Waals surface area (Å²) >= 11 is 0. The van der Waals surface area contributed by atoms with Gasteiger partial charge >= 0.3 is 12.1 Å². The molecule has 8 nitrogen and oxygen atoms in total. The Morgan fingerprint density at radius 1 is 1.16 bits per heavy atom. The van der Waals surface area contributed by atoms with Crippen LogP contribution in [0.2, 0.25) is 0 Å². The second-order valence-electron chi connectivity index (χ2n) is 7.93. The summed E-state index contributed by atoms with van der Waals surface area (Å²) in [6.07, 6.45) is -5.04. The quantitative estimate of drug-likeness (QED) is 0.463. The molecule has 0 aromatic heterocycles. The molecule has 1 aromatic carbocycles. The fraction of sp³-hybridized carbons (Fsp3) is 0.500. The van der Waals surface area contributed by atoms with Crippen molar-refractivity contribution in [1.29, 1.82) is 0 Å². The average molecular weight is 443 g/mol. The van der Waals surface area contributed by atoms with Gasteiger partial charge in [0.2, 0.25) is 17.7 Å². The maximum Gasteiger partial charge on any atom is 0.491 e. The number of hydrogen-bond donors (Lipinski definition) is 2. The molecule has 1 aliphatic heterocycles. The monoisotopic (exact) mass is 443 g/mol. The van der Waals surface area contributed by atoms with Crippen LogP contribution in [0.4, 0.5) is 13.2 Å². The van der Waals surface area contributed by atoms with Crippen LogP contribution in [0.1, 0.15) is 38.7 Å². The van der Waals surface area contributed by atoms with Crippen LogP contribution < -0.4 is 16.2 Å². The standard InChI is InChI=1S/C20H24F3N3O5/c1-11(2)9-14(16(25)28)26-8-7-19(17(26)29,10-15(24)27)12-3-5-13(6-4-12)31-18(30)20(21,22)23/h3-6,11,14H,7-10H2,1-2H3,(H2,24,27)(H2,25,28). The number of rotatable bonds is 8. The number of benzene rings is 1. The van der Waals surface area contributed by atoms with Crippen molar-refractivity contribution < 1.29 is 37.1 Å². The van der Waals surface area contributed by atoms with Gasteiger partial charge in [-0.25, -0.2) is 4.79 Å². The molecule has 1 aromatic rings. The largest absolute Gasteiger partial charge is 0.491 e. The molecule has 0 bridgehead atoms. The topological polar surface area (TPSA) is 133 Å². The van der Waals surface area contributed by atoms with Crippen molar-refractivity contribution in [2.75, 3.05) is 6.54 Å². The summed E-state index contributed by atoms with van der Waals surface area (Å²) in [5.41, 5.74) is 9.76. The first-order valence-electron chi connectivity index (χ1n) is 9.56. The molecule has 1 saturated heterocycles. The number of ether oxygens (including phenoxy) is 1. The molecule has 3 amide bonds. The highest BCUT2D eigenvalue weighted by atomic mass is 19.4. The predicted molar refractivity (Wildman–Crippen MR) is 102 cm³/mol. The number of nitrogens with two attached hydrogens (primary N) is 2. The summed E-state index contributed by atoms with van der Waals surface area (Å²) in [7, 11) is 0. The summed E-state index contributed by atoms with van der Waals surface area (Å²) in [5, 5.41) is 0. The molecule has 0 aliphatic carbocycles. The van der Waals surface area contributed by atoms with E-state index in [2.05, 4.69) is 4.74 Å². The lowest BCUT2D eigenvalue weighted by Crippen LogP contribution is -2.50. The molecule has 4 N–H and O–H groups in total. The molecule has 2 unspecified atom stereocenters. The second-order valence-corrected chi connectivity index (χ2v) is 7.93. The van der Waals surface area contributed by atoms with Gasteiger partial charge in [-0.1, -0.05) is 26.0 Å². The Morgan fingerprint density at radius 2 is 1.74 bits per heavy atom. The molecule has 11 heteroatoms. The number of alkyl halides is 3. The van der Waals surface area contributed by atoms with Gasteiger partial charge in [-0.3, -0.25) is 14.4 Å². The first-order chi connectivity index (χ1) is 14.3. The number of carbonyl (C=O) groups is 4. The van der Waals surface area contributed by atoms with Gasteiger partial charge < -0.3 is 21.1 Å². The predicted octanol–water partition coefficient (Wildman–Crippen LogP) is 1.40. The van der Waals surface area contributed by atoms with E-state index in [4.69, 9.17) is 11.5 Å². The van der Waals surface area contributed by atoms with Crippen molar-refractivity contribution in [2.24, 2.45) is 17.4 Å². The van der Waals surface area contributed by atoms with Crippen molar-refractivity contribution in [3.05, 3.63) is 29.8 Å². The Morgan fingerprint density at radius 3 is 2.19 bits per heavy atom. The van der Waals surface area contributed by atoms with Crippen molar-refractivity contribution in [2.45, 2.75) is 50.7 Å². The van der Waals surface area contributed by atoms with E-state index in [-0.39, 0.29) is 31.1 Å². The Bertz CT molecular complexity index is 870. The Kier molecular flexibility index (Phi) is 6.97. The average Bonchev–Trinajstić information content (AvgIpc) is 2.95. The molecule has 170 valence electrons. The van der Waals surface area contributed by atoms with Crippen LogP contribution in [0.5, 0.6) is 5.75 Å². The molecule has 0 spiro atoms. The van der Waals surface area contributed by atoms with Gasteiger partial charge in [0.05, 0.1) is 5.41 Å². The number of likely N-dealkylation sites (tertiary alicyclic amines) is 1. The number of primary amides is 2. The Balaban J connectivity index is 2.37. The lowest BCUT2D eigenvalue weighted by molar-refractivity contribution is -0.189. The molecule has 0 radical (unpaired) electrons. The number of halogens is 3. The summed E-state index contributed by atoms with van der Waals surface area (Å²) in [6.45, 7) is 3.89. The molecule has 31 heavy (non-hydrogen) atoms. The fourth-order valence-corrected chi connectivity index (χ4v) is 3.77. The van der Waals surface area contributed by atoms with Crippen molar-refractivity contribution in [3.8, 4) is 5.75 Å². The lowest BCUT2D eigenvalue weighted by atomic mass is 9.76. The van der Waals surface area contributed by atoms with E-state index in [1.54, 1.807) is 0 Å². The minimum absolute atomic E-state index is 0.0686. The maximum absolute atomic E-state index is 13.4. The van der Waals surface area contributed by atoms with Crippen molar-refractivity contribution in [3.63, 3.8) is 0 Å². The van der Waals surface area contributed by atoms with Crippen LogP contribution in [-0.2, 0) is 24.6 Å². The zero-order chi connectivity index (χ0) is 23.6. The molecule has 2 rings (SSSR count). The number of amides is 3. The van der Waals surface area contributed by atoms with E-state index >= 15 is 0 Å². The SMILES string of the molecule is CC(C)CC(C(N)=O)N1CCC(CC(N)=O)(c2ccc(OC(=O)C(F)(F)F)cc2)C1=O. The number of hydrogen-bond acceptors (Lipinski definition) is 5. The third kappa shape index (κ3) is 5.33. The number of esters is 1. The highest BCUT2D eigenvalue weighted by molar-refractivity contribution is 5.97. The van der Waals surface area contributed by atoms with Gasteiger partial charge in [0.1, 0.15) is 11.8 Å². The summed E-state index contributed by atoms with van der Waals surface area (Å²) < 4.78 is 41.4. The molecular weight excluding hydrogens is 419 g/mol. The Labute approximate surface area is 176 Å². The summed E-state index contributed by atoms with van der Waals surface area (Å²) in [4.78, 5) is 49.4. The van der Waals surface area contributed by atoms with Gasteiger partial charge in [-0.15, -0.1) is 0 Å². The molecule has 1 fully saturated rings. The van der Waals surface area contributed by atoms with Crippen LogP contribution in [-0.4, -0.2) is 47.4 Å². The fourth-order valence-electron chi connectivity index (χ4n) is 3.77. The molecule has 0 saturated carbocycles. The van der Waals surface area contributed by atoms with Crippen LogP contribution in [0.3, 0.4) is 0 Å². The van der Waals surface area contributed by atoms with Crippen molar-refractivity contribution >= 4 is 23.7 Å². The third-order valence-electron chi connectivity index (χ3n) is 5.17. The summed E-state index contributed by atoms with van der Waals surface area (Å²) in [5.74, 6) is -4.64. The second kappa shape index (κ2) is 8.94. The maximum atomic E-state index is 13.4. The third-order valence-corrected chi connectivity index (χ3v) is 5.17. The van der Waals surface area contributed by atoms with Crippen molar-refractivity contribution in [1.82, 2.24) is 4.90 Å². The van der Waals surface area contributed by atoms with E-state index in [1.807, 2.05) is 13.8 Å². The molecular formula is C20H24F3N3O5. The number of carbonyl (C=O) groups excluding carboxylic acids is 4. The van der Waals surface area contributed by atoms with Gasteiger partial charge in [0.15, 0.2) is 0 Å².